The van der Waals surface area contributed by atoms with Crippen molar-refractivity contribution >= 4 is 21.8 Å². The van der Waals surface area contributed by atoms with Crippen molar-refractivity contribution in [1.82, 2.24) is 10.6 Å². The van der Waals surface area contributed by atoms with Gasteiger partial charge >= 0.3 is 12.0 Å². The Morgan fingerprint density at radius 1 is 1.37 bits per heavy atom. The Balaban J connectivity index is 2.33. The number of hydrogen-bond acceptors (Lipinski definition) is 5. The van der Waals surface area contributed by atoms with Crippen LogP contribution in [-0.2, 0) is 14.6 Å². The molecule has 8 nitrogen and oxygen atoms in total. The lowest BCUT2D eigenvalue weighted by atomic mass is 10.1. The molecule has 9 heteroatoms. The highest BCUT2D eigenvalue weighted by molar-refractivity contribution is 7.91. The molecule has 2 atom stereocenters. The third kappa shape index (κ3) is 5.43. The standard InChI is InChI=1S/C10H18N2O6S/c13-3-1-8(9(14)15)12-10(16)11-5-7-2-4-19(17,18)6-7/h7-8,13H,1-6H2,(H,14,15)(H2,11,12,16). The van der Waals surface area contributed by atoms with Gasteiger partial charge < -0.3 is 20.8 Å². The van der Waals surface area contributed by atoms with E-state index in [2.05, 4.69) is 10.6 Å². The number of urea groups is 1. The van der Waals surface area contributed by atoms with E-state index in [0.29, 0.717) is 6.42 Å². The summed E-state index contributed by atoms with van der Waals surface area (Å²) < 4.78 is 22.4. The summed E-state index contributed by atoms with van der Waals surface area (Å²) in [6.45, 7) is -0.158. The van der Waals surface area contributed by atoms with Gasteiger partial charge in [0.1, 0.15) is 6.04 Å². The summed E-state index contributed by atoms with van der Waals surface area (Å²) in [5.74, 6) is -1.18. The van der Waals surface area contributed by atoms with Gasteiger partial charge in [-0.25, -0.2) is 18.0 Å². The average Bonchev–Trinajstić information content (AvgIpc) is 2.66. The SMILES string of the molecule is O=C(NCC1CCS(=O)(=O)C1)NC(CCO)C(=O)O. The molecule has 2 unspecified atom stereocenters. The number of sulfone groups is 1. The van der Waals surface area contributed by atoms with Gasteiger partial charge in [-0.3, -0.25) is 0 Å². The van der Waals surface area contributed by atoms with E-state index in [1.54, 1.807) is 0 Å². The fourth-order valence-corrected chi connectivity index (χ4v) is 3.73. The van der Waals surface area contributed by atoms with Crippen molar-refractivity contribution in [2.75, 3.05) is 24.7 Å². The maximum absolute atomic E-state index is 11.4. The zero-order valence-corrected chi connectivity index (χ0v) is 11.1. The quantitative estimate of drug-likeness (QED) is 0.474. The molecule has 0 aromatic heterocycles. The Morgan fingerprint density at radius 2 is 2.05 bits per heavy atom. The van der Waals surface area contributed by atoms with Crippen LogP contribution in [0.3, 0.4) is 0 Å². The fraction of sp³-hybridized carbons (Fsp3) is 0.800. The lowest BCUT2D eigenvalue weighted by Crippen LogP contribution is -2.47. The van der Waals surface area contributed by atoms with Crippen LogP contribution >= 0.6 is 0 Å². The van der Waals surface area contributed by atoms with Gasteiger partial charge in [-0.05, 0) is 12.3 Å². The van der Waals surface area contributed by atoms with Gasteiger partial charge in [-0.2, -0.15) is 0 Å². The predicted molar refractivity (Wildman–Crippen MR) is 66.4 cm³/mol. The molecule has 1 aliphatic heterocycles. The third-order valence-corrected chi connectivity index (χ3v) is 4.74. The number of rotatable bonds is 6. The van der Waals surface area contributed by atoms with Crippen LogP contribution in [0.25, 0.3) is 0 Å². The summed E-state index contributed by atoms with van der Waals surface area (Å²) in [6, 6.07) is -1.83. The van der Waals surface area contributed by atoms with Gasteiger partial charge in [-0.1, -0.05) is 0 Å². The van der Waals surface area contributed by atoms with Gasteiger partial charge in [0.25, 0.3) is 0 Å². The van der Waals surface area contributed by atoms with E-state index in [-0.39, 0.29) is 37.0 Å². The number of carbonyl (C=O) groups is 2. The molecule has 2 amide bonds. The van der Waals surface area contributed by atoms with Gasteiger partial charge in [0.15, 0.2) is 9.84 Å². The van der Waals surface area contributed by atoms with Crippen molar-refractivity contribution in [2.24, 2.45) is 5.92 Å². The van der Waals surface area contributed by atoms with E-state index < -0.39 is 27.9 Å². The van der Waals surface area contributed by atoms with Crippen molar-refractivity contribution in [3.63, 3.8) is 0 Å². The zero-order chi connectivity index (χ0) is 14.5. The molecule has 1 heterocycles. The Kier molecular flexibility index (Phi) is 5.55. The summed E-state index contributed by atoms with van der Waals surface area (Å²) in [5, 5.41) is 22.1. The van der Waals surface area contributed by atoms with E-state index >= 15 is 0 Å². The van der Waals surface area contributed by atoms with Crippen LogP contribution in [0.15, 0.2) is 0 Å². The second kappa shape index (κ2) is 6.71. The average molecular weight is 294 g/mol. The van der Waals surface area contributed by atoms with Crippen molar-refractivity contribution in [2.45, 2.75) is 18.9 Å². The molecule has 0 spiro atoms. The number of carboxylic acid groups (broad SMARTS) is 1. The Labute approximate surface area is 111 Å². The molecular weight excluding hydrogens is 276 g/mol. The highest BCUT2D eigenvalue weighted by Gasteiger charge is 2.28. The second-order valence-electron chi connectivity index (χ2n) is 4.53. The molecule has 0 aromatic carbocycles. The molecular formula is C10H18N2O6S. The maximum Gasteiger partial charge on any atom is 0.326 e. The lowest BCUT2D eigenvalue weighted by molar-refractivity contribution is -0.139. The van der Waals surface area contributed by atoms with Crippen molar-refractivity contribution in [3.8, 4) is 0 Å². The molecule has 0 aliphatic carbocycles. The van der Waals surface area contributed by atoms with E-state index in [9.17, 15) is 18.0 Å². The molecule has 110 valence electrons. The zero-order valence-electron chi connectivity index (χ0n) is 10.3. The molecule has 0 aromatic rings. The van der Waals surface area contributed by atoms with E-state index in [1.165, 1.54) is 0 Å². The minimum atomic E-state index is -2.99. The Bertz CT molecular complexity index is 435. The number of aliphatic hydroxyl groups excluding tert-OH is 1. The smallest absolute Gasteiger partial charge is 0.326 e. The van der Waals surface area contributed by atoms with Crippen LogP contribution in [0.1, 0.15) is 12.8 Å². The van der Waals surface area contributed by atoms with E-state index in [4.69, 9.17) is 10.2 Å². The monoisotopic (exact) mass is 294 g/mol. The summed E-state index contributed by atoms with van der Waals surface area (Å²) in [5.41, 5.74) is 0. The van der Waals surface area contributed by atoms with Gasteiger partial charge in [-0.15, -0.1) is 0 Å². The van der Waals surface area contributed by atoms with Crippen molar-refractivity contribution in [1.29, 1.82) is 0 Å². The number of aliphatic carboxylic acids is 1. The van der Waals surface area contributed by atoms with Crippen LogP contribution in [0.2, 0.25) is 0 Å². The van der Waals surface area contributed by atoms with E-state index in [1.807, 2.05) is 0 Å². The molecule has 1 fully saturated rings. The highest BCUT2D eigenvalue weighted by Crippen LogP contribution is 2.17. The first kappa shape index (κ1) is 15.7. The minimum absolute atomic E-state index is 0.0479. The molecule has 0 radical (unpaired) electrons. The Hall–Kier alpha value is -1.35. The third-order valence-electron chi connectivity index (χ3n) is 2.90. The molecule has 0 bridgehead atoms. The predicted octanol–water partition coefficient (Wildman–Crippen LogP) is -1.44. The molecule has 1 saturated heterocycles. The molecule has 4 N–H and O–H groups in total. The first-order chi connectivity index (χ1) is 8.84. The number of carboxylic acids is 1. The minimum Gasteiger partial charge on any atom is -0.480 e. The fourth-order valence-electron chi connectivity index (χ4n) is 1.87. The van der Waals surface area contributed by atoms with Crippen LogP contribution in [0, 0.1) is 5.92 Å². The summed E-state index contributed by atoms with van der Waals surface area (Å²) in [6.07, 6.45) is 0.419. The first-order valence-electron chi connectivity index (χ1n) is 5.92. The molecule has 1 rings (SSSR count). The van der Waals surface area contributed by atoms with Crippen LogP contribution < -0.4 is 10.6 Å². The van der Waals surface area contributed by atoms with Gasteiger partial charge in [0.05, 0.1) is 11.5 Å². The van der Waals surface area contributed by atoms with Gasteiger partial charge in [0, 0.05) is 19.6 Å². The number of nitrogens with one attached hydrogen (secondary N) is 2. The second-order valence-corrected chi connectivity index (χ2v) is 6.76. The summed E-state index contributed by atoms with van der Waals surface area (Å²) in [4.78, 5) is 22.2. The molecule has 1 aliphatic rings. The maximum atomic E-state index is 11.4. The Morgan fingerprint density at radius 3 is 2.53 bits per heavy atom. The highest BCUT2D eigenvalue weighted by atomic mass is 32.2. The van der Waals surface area contributed by atoms with Crippen LogP contribution in [0.4, 0.5) is 4.79 Å². The molecule has 0 saturated carbocycles. The van der Waals surface area contributed by atoms with Crippen molar-refractivity contribution < 1.29 is 28.2 Å². The number of hydrogen-bond donors (Lipinski definition) is 4. The normalized spacial score (nSPS) is 22.7. The lowest BCUT2D eigenvalue weighted by Gasteiger charge is -2.15. The number of carbonyl (C=O) groups excluding carboxylic acids is 1. The summed E-state index contributed by atoms with van der Waals surface area (Å²) >= 11 is 0. The van der Waals surface area contributed by atoms with Gasteiger partial charge in [0.2, 0.25) is 0 Å². The van der Waals surface area contributed by atoms with Crippen molar-refractivity contribution in [3.05, 3.63) is 0 Å². The topological polar surface area (TPSA) is 133 Å². The van der Waals surface area contributed by atoms with Crippen LogP contribution in [0.5, 0.6) is 0 Å². The first-order valence-corrected chi connectivity index (χ1v) is 7.74. The van der Waals surface area contributed by atoms with E-state index in [0.717, 1.165) is 0 Å². The number of aliphatic hydroxyl groups is 1. The number of amides is 2. The summed E-state index contributed by atoms with van der Waals surface area (Å²) in [7, 11) is -2.99. The van der Waals surface area contributed by atoms with Crippen LogP contribution in [-0.4, -0.2) is 61.3 Å². The largest absolute Gasteiger partial charge is 0.480 e. The molecule has 19 heavy (non-hydrogen) atoms.